The maximum absolute atomic E-state index is 5.15. The summed E-state index contributed by atoms with van der Waals surface area (Å²) in [5, 5.41) is 2.80. The second-order valence-electron chi connectivity index (χ2n) is 1.20. The zero-order valence-corrected chi connectivity index (χ0v) is 6.16. The zero-order valence-electron chi connectivity index (χ0n) is 5.34. The van der Waals surface area contributed by atoms with Gasteiger partial charge in [0.25, 0.3) is 11.2 Å². The Labute approximate surface area is 59.1 Å². The predicted octanol–water partition coefficient (Wildman–Crippen LogP) is -0.548. The third kappa shape index (κ3) is 3.72. The van der Waals surface area contributed by atoms with E-state index in [4.69, 9.17) is 10.5 Å². The third-order valence-corrected chi connectivity index (χ3v) is 0.909. The van der Waals surface area contributed by atoms with Crippen molar-refractivity contribution in [2.75, 3.05) is 14.1 Å². The summed E-state index contributed by atoms with van der Waals surface area (Å²) in [7, 11) is 3.17. The van der Waals surface area contributed by atoms with E-state index >= 15 is 0 Å². The van der Waals surface area contributed by atoms with E-state index in [2.05, 4.69) is 22.5 Å². The fourth-order valence-corrected chi connectivity index (χ4v) is 0.277. The topological polar surface area (TPSA) is 59.6 Å². The van der Waals surface area contributed by atoms with Crippen LogP contribution in [0, 0.1) is 0 Å². The van der Waals surface area contributed by atoms with Crippen molar-refractivity contribution in [3.63, 3.8) is 0 Å². The highest BCUT2D eigenvalue weighted by molar-refractivity contribution is 7.80. The third-order valence-electron chi connectivity index (χ3n) is 0.622. The Morgan fingerprint density at radius 2 is 2.33 bits per heavy atom. The van der Waals surface area contributed by atoms with E-state index < -0.39 is 0 Å². The minimum Gasteiger partial charge on any atom is -0.399 e. The van der Waals surface area contributed by atoms with Gasteiger partial charge in [0.05, 0.1) is 0 Å². The molecule has 4 nitrogen and oxygen atoms in total. The van der Waals surface area contributed by atoms with E-state index in [1.807, 2.05) is 0 Å². The first-order chi connectivity index (χ1) is 4.20. The fourth-order valence-electron chi connectivity index (χ4n) is 0.192. The molecule has 0 aliphatic rings. The van der Waals surface area contributed by atoms with Crippen LogP contribution in [0.1, 0.15) is 0 Å². The molecule has 0 aliphatic heterocycles. The van der Waals surface area contributed by atoms with Crippen LogP contribution in [-0.2, 0) is 4.74 Å². The second-order valence-corrected chi connectivity index (χ2v) is 1.57. The minimum absolute atomic E-state index is 0.0642. The molecule has 0 spiro atoms. The lowest BCUT2D eigenvalue weighted by molar-refractivity contribution is 0.526. The largest absolute Gasteiger partial charge is 0.399 e. The molecule has 0 aromatic heterocycles. The van der Waals surface area contributed by atoms with E-state index in [-0.39, 0.29) is 11.2 Å². The summed E-state index contributed by atoms with van der Waals surface area (Å²) in [5.74, 6) is 0. The van der Waals surface area contributed by atoms with Crippen LogP contribution in [0.5, 0.6) is 0 Å². The monoisotopic (exact) mass is 147 g/mol. The van der Waals surface area contributed by atoms with Crippen LogP contribution in [-0.4, -0.2) is 25.3 Å². The molecular formula is C4H9N3OS. The molecule has 0 rings (SSSR count). The average Bonchev–Trinajstić information content (AvgIpc) is 1.87. The van der Waals surface area contributed by atoms with Crippen molar-refractivity contribution in [3.05, 3.63) is 0 Å². The minimum atomic E-state index is 0.0642. The summed E-state index contributed by atoms with van der Waals surface area (Å²) in [6, 6.07) is 0.0642. The molecule has 0 unspecified atom stereocenters. The van der Waals surface area contributed by atoms with Gasteiger partial charge >= 0.3 is 0 Å². The molecule has 3 N–H and O–H groups in total. The quantitative estimate of drug-likeness (QED) is 0.274. The van der Waals surface area contributed by atoms with Gasteiger partial charge in [-0.25, -0.2) is 4.99 Å². The van der Waals surface area contributed by atoms with E-state index in [1.165, 1.54) is 7.05 Å². The lowest BCUT2D eigenvalue weighted by Crippen LogP contribution is -2.27. The standard InChI is InChI=1S/C4H9N3OS/c1-6-3(5)8-4(9)7-2/h1-2H3,(H2,5,6)(H,7,9). The molecule has 0 atom stereocenters. The molecule has 9 heavy (non-hydrogen) atoms. The van der Waals surface area contributed by atoms with Gasteiger partial charge in [0.15, 0.2) is 0 Å². The van der Waals surface area contributed by atoms with Gasteiger partial charge in [-0.15, -0.1) is 0 Å². The van der Waals surface area contributed by atoms with Gasteiger partial charge in [-0.05, 0) is 12.2 Å². The zero-order chi connectivity index (χ0) is 7.28. The van der Waals surface area contributed by atoms with Gasteiger partial charge in [-0.2, -0.15) is 0 Å². The number of nitrogens with one attached hydrogen (secondary N) is 1. The number of thiocarbonyl (C=S) groups is 1. The molecule has 5 heteroatoms. The van der Waals surface area contributed by atoms with Crippen LogP contribution in [0.15, 0.2) is 4.99 Å². The number of ether oxygens (including phenoxy) is 1. The fraction of sp³-hybridized carbons (Fsp3) is 0.500. The van der Waals surface area contributed by atoms with Crippen molar-refractivity contribution < 1.29 is 4.74 Å². The van der Waals surface area contributed by atoms with Crippen molar-refractivity contribution in [1.29, 1.82) is 0 Å². The van der Waals surface area contributed by atoms with Crippen molar-refractivity contribution in [1.82, 2.24) is 5.32 Å². The van der Waals surface area contributed by atoms with Crippen LogP contribution in [0.2, 0.25) is 0 Å². The molecule has 0 aliphatic carbocycles. The van der Waals surface area contributed by atoms with Crippen molar-refractivity contribution in [3.8, 4) is 0 Å². The van der Waals surface area contributed by atoms with Crippen LogP contribution in [0.4, 0.5) is 0 Å². The molecule has 0 aromatic carbocycles. The number of hydrogen-bond donors (Lipinski definition) is 2. The highest BCUT2D eigenvalue weighted by Gasteiger charge is 1.93. The number of nitrogens with two attached hydrogens (primary N) is 1. The first-order valence-electron chi connectivity index (χ1n) is 2.32. The van der Waals surface area contributed by atoms with E-state index in [1.54, 1.807) is 7.05 Å². The Kier molecular flexibility index (Phi) is 3.70. The summed E-state index contributed by atoms with van der Waals surface area (Å²) in [6.07, 6.45) is 0. The molecular weight excluding hydrogens is 138 g/mol. The summed E-state index contributed by atoms with van der Waals surface area (Å²) in [4.78, 5) is 3.52. The van der Waals surface area contributed by atoms with Gasteiger partial charge in [0, 0.05) is 14.1 Å². The van der Waals surface area contributed by atoms with Gasteiger partial charge < -0.3 is 15.8 Å². The van der Waals surface area contributed by atoms with Gasteiger partial charge in [0.2, 0.25) is 0 Å². The van der Waals surface area contributed by atoms with Crippen molar-refractivity contribution >= 4 is 23.4 Å². The summed E-state index contributed by atoms with van der Waals surface area (Å²) < 4.78 is 4.70. The number of amidine groups is 1. The molecule has 52 valence electrons. The van der Waals surface area contributed by atoms with Crippen LogP contribution in [0.25, 0.3) is 0 Å². The van der Waals surface area contributed by atoms with Gasteiger partial charge in [-0.1, -0.05) is 0 Å². The van der Waals surface area contributed by atoms with Gasteiger partial charge in [0.1, 0.15) is 0 Å². The molecule has 0 amide bonds. The second kappa shape index (κ2) is 4.08. The number of nitrogens with zero attached hydrogens (tertiary/aromatic N) is 1. The summed E-state index contributed by atoms with van der Waals surface area (Å²) in [5.41, 5.74) is 5.15. The molecule has 0 saturated carbocycles. The van der Waals surface area contributed by atoms with Crippen molar-refractivity contribution in [2.45, 2.75) is 0 Å². The lowest BCUT2D eigenvalue weighted by Gasteiger charge is -2.01. The maximum atomic E-state index is 5.15. The molecule has 0 bridgehead atoms. The van der Waals surface area contributed by atoms with Crippen LogP contribution < -0.4 is 11.1 Å². The van der Waals surface area contributed by atoms with E-state index in [0.29, 0.717) is 0 Å². The maximum Gasteiger partial charge on any atom is 0.289 e. The highest BCUT2D eigenvalue weighted by Crippen LogP contribution is 1.74. The summed E-state index contributed by atoms with van der Waals surface area (Å²) in [6.45, 7) is 0. The van der Waals surface area contributed by atoms with Gasteiger partial charge in [-0.3, -0.25) is 0 Å². The normalized spacial score (nSPS) is 10.7. The smallest absolute Gasteiger partial charge is 0.289 e. The Hall–Kier alpha value is -0.840. The molecule has 0 saturated heterocycles. The number of aliphatic imine (C=N–C) groups is 1. The molecule has 0 aromatic rings. The van der Waals surface area contributed by atoms with E-state index in [9.17, 15) is 0 Å². The Bertz CT molecular complexity index is 134. The van der Waals surface area contributed by atoms with Crippen LogP contribution in [0.3, 0.4) is 0 Å². The first-order valence-corrected chi connectivity index (χ1v) is 2.73. The van der Waals surface area contributed by atoms with E-state index in [0.717, 1.165) is 0 Å². The number of hydrogen-bond acceptors (Lipinski definition) is 3. The predicted molar refractivity (Wildman–Crippen MR) is 40.3 cm³/mol. The van der Waals surface area contributed by atoms with Crippen molar-refractivity contribution in [2.24, 2.45) is 10.7 Å². The van der Waals surface area contributed by atoms with Crippen LogP contribution >= 0.6 is 12.2 Å². The Morgan fingerprint density at radius 3 is 2.67 bits per heavy atom. The lowest BCUT2D eigenvalue weighted by atomic mass is 11.0. The average molecular weight is 147 g/mol. The SMILES string of the molecule is CN=C(N)OC(=S)NC. The number of rotatable bonds is 0. The molecule has 0 radical (unpaired) electrons. The molecule has 0 heterocycles. The Morgan fingerprint density at radius 1 is 1.78 bits per heavy atom. The first kappa shape index (κ1) is 8.16. The Balaban J connectivity index is 3.60. The summed E-state index contributed by atoms with van der Waals surface area (Å²) >= 11 is 4.60. The highest BCUT2D eigenvalue weighted by atomic mass is 32.1. The molecule has 0 fully saturated rings.